The number of carbonyl (C=O) groups is 1. The molecule has 0 amide bonds. The van der Waals surface area contributed by atoms with Crippen LogP contribution < -0.4 is 5.32 Å². The van der Waals surface area contributed by atoms with Gasteiger partial charge in [0, 0.05) is 26.2 Å². The molecule has 1 saturated heterocycles. The third-order valence-electron chi connectivity index (χ3n) is 4.33. The second kappa shape index (κ2) is 7.99. The summed E-state index contributed by atoms with van der Waals surface area (Å²) in [6.45, 7) is 10.4. The predicted molar refractivity (Wildman–Crippen MR) is 97.7 cm³/mol. The molecule has 2 atom stereocenters. The van der Waals surface area contributed by atoms with Crippen molar-refractivity contribution >= 4 is 5.97 Å². The Morgan fingerprint density at radius 3 is 2.68 bits per heavy atom. The highest BCUT2D eigenvalue weighted by molar-refractivity contribution is 5.77. The zero-order valence-corrected chi connectivity index (χ0v) is 15.7. The number of rotatable bonds is 6. The second-order valence-electron chi connectivity index (χ2n) is 8.06. The number of carbonyl (C=O) groups excluding carboxylic acids is 1. The molecule has 0 aliphatic carbocycles. The smallest absolute Gasteiger partial charge is 0.323 e. The van der Waals surface area contributed by atoms with Gasteiger partial charge in [-0.15, -0.1) is 0 Å². The van der Waals surface area contributed by atoms with E-state index in [2.05, 4.69) is 28.4 Å². The van der Waals surface area contributed by atoms with E-state index in [1.54, 1.807) is 0 Å². The summed E-state index contributed by atoms with van der Waals surface area (Å²) in [5.74, 6) is -0.227. The molecule has 0 bridgehead atoms. The Hall–Kier alpha value is -1.90. The number of nitrogens with one attached hydrogen (secondary N) is 1. The van der Waals surface area contributed by atoms with Crippen LogP contribution in [0.15, 0.2) is 30.3 Å². The molecule has 1 heterocycles. The molecule has 0 aromatic heterocycles. The molecular weight excluding hydrogens is 314 g/mol. The van der Waals surface area contributed by atoms with E-state index in [4.69, 9.17) is 4.74 Å². The minimum atomic E-state index is -0.514. The minimum absolute atomic E-state index is 0.227. The van der Waals surface area contributed by atoms with Crippen LogP contribution in [0.5, 0.6) is 0 Å². The Kier molecular flexibility index (Phi) is 6.21. The van der Waals surface area contributed by atoms with Gasteiger partial charge in [-0.1, -0.05) is 30.3 Å². The van der Waals surface area contributed by atoms with Crippen LogP contribution in [0.4, 0.5) is 0 Å². The van der Waals surface area contributed by atoms with Gasteiger partial charge in [-0.25, -0.2) is 0 Å². The van der Waals surface area contributed by atoms with Crippen LogP contribution in [0.1, 0.15) is 39.7 Å². The molecule has 0 unspecified atom stereocenters. The van der Waals surface area contributed by atoms with Gasteiger partial charge in [-0.2, -0.15) is 5.26 Å². The summed E-state index contributed by atoms with van der Waals surface area (Å²) in [6.07, 6.45) is 0.525. The number of likely N-dealkylation sites (tertiary alicyclic amines) is 1. The Morgan fingerprint density at radius 2 is 2.08 bits per heavy atom. The van der Waals surface area contributed by atoms with Gasteiger partial charge in [0.05, 0.1) is 11.5 Å². The lowest BCUT2D eigenvalue weighted by atomic mass is 9.90. The lowest BCUT2D eigenvalue weighted by molar-refractivity contribution is -0.160. The highest BCUT2D eigenvalue weighted by atomic mass is 16.6. The Bertz CT molecular complexity index is 618. The molecule has 1 aromatic carbocycles. The summed E-state index contributed by atoms with van der Waals surface area (Å²) < 4.78 is 5.55. The fourth-order valence-electron chi connectivity index (χ4n) is 3.15. The van der Waals surface area contributed by atoms with Gasteiger partial charge in [-0.05, 0) is 39.7 Å². The van der Waals surface area contributed by atoms with Crippen molar-refractivity contribution in [3.05, 3.63) is 35.9 Å². The Morgan fingerprint density at radius 1 is 1.40 bits per heavy atom. The maximum Gasteiger partial charge on any atom is 0.323 e. The summed E-state index contributed by atoms with van der Waals surface area (Å²) in [5, 5.41) is 12.9. The minimum Gasteiger partial charge on any atom is -0.459 e. The first-order valence-corrected chi connectivity index (χ1v) is 8.85. The van der Waals surface area contributed by atoms with Crippen LogP contribution in [0.3, 0.4) is 0 Å². The highest BCUT2D eigenvalue weighted by Crippen LogP contribution is 2.34. The van der Waals surface area contributed by atoms with Crippen molar-refractivity contribution in [3.8, 4) is 6.07 Å². The quantitative estimate of drug-likeness (QED) is 0.635. The number of esters is 1. The van der Waals surface area contributed by atoms with Crippen molar-refractivity contribution < 1.29 is 9.53 Å². The molecule has 5 nitrogen and oxygen atoms in total. The van der Waals surface area contributed by atoms with Gasteiger partial charge in [0.1, 0.15) is 11.6 Å². The van der Waals surface area contributed by atoms with Crippen LogP contribution in [-0.2, 0) is 16.1 Å². The predicted octanol–water partition coefficient (Wildman–Crippen LogP) is 2.72. The molecule has 0 spiro atoms. The standard InChI is InChI=1S/C20H29N3O2/c1-19(2,3)25-18(24)17-12-20(4,14-21)15-23(17)11-10-22-13-16-8-6-5-7-9-16/h5-9,17,22H,10-13,15H2,1-4H3/t17-,20-/m0/s1. The van der Waals surface area contributed by atoms with E-state index in [0.29, 0.717) is 19.5 Å². The van der Waals surface area contributed by atoms with Gasteiger partial charge in [0.2, 0.25) is 0 Å². The average molecular weight is 343 g/mol. The first kappa shape index (κ1) is 19.4. The van der Waals surface area contributed by atoms with Gasteiger partial charge in [-0.3, -0.25) is 9.69 Å². The maximum atomic E-state index is 12.5. The first-order chi connectivity index (χ1) is 11.7. The molecule has 2 rings (SSSR count). The molecule has 0 radical (unpaired) electrons. The molecule has 1 aromatic rings. The molecule has 1 aliphatic heterocycles. The zero-order valence-electron chi connectivity index (χ0n) is 15.7. The number of nitrogens with zero attached hydrogens (tertiary/aromatic N) is 2. The third kappa shape index (κ3) is 5.84. The number of hydrogen-bond donors (Lipinski definition) is 1. The average Bonchev–Trinajstić information content (AvgIpc) is 2.89. The van der Waals surface area contributed by atoms with Crippen molar-refractivity contribution in [1.82, 2.24) is 10.2 Å². The molecule has 25 heavy (non-hydrogen) atoms. The number of benzene rings is 1. The molecule has 0 saturated carbocycles. The zero-order chi connectivity index (χ0) is 18.5. The Balaban J connectivity index is 1.91. The largest absolute Gasteiger partial charge is 0.459 e. The van der Waals surface area contributed by atoms with Gasteiger partial charge in [0.15, 0.2) is 0 Å². The fourth-order valence-corrected chi connectivity index (χ4v) is 3.15. The van der Waals surface area contributed by atoms with Gasteiger partial charge >= 0.3 is 5.97 Å². The SMILES string of the molecule is CC(C)(C)OC(=O)[C@@H]1C[C@@](C)(C#N)CN1CCNCc1ccccc1. The van der Waals surface area contributed by atoms with Crippen molar-refractivity contribution in [3.63, 3.8) is 0 Å². The molecule has 1 fully saturated rings. The van der Waals surface area contributed by atoms with Crippen molar-refractivity contribution in [2.45, 2.75) is 52.3 Å². The molecule has 1 N–H and O–H groups in total. The van der Waals surface area contributed by atoms with Gasteiger partial charge in [0.25, 0.3) is 0 Å². The number of ether oxygens (including phenoxy) is 1. The van der Waals surface area contributed by atoms with E-state index in [-0.39, 0.29) is 12.0 Å². The Labute approximate surface area is 151 Å². The van der Waals surface area contributed by atoms with Gasteiger partial charge < -0.3 is 10.1 Å². The fraction of sp³-hybridized carbons (Fsp3) is 0.600. The van der Waals surface area contributed by atoms with Crippen molar-refractivity contribution in [2.75, 3.05) is 19.6 Å². The second-order valence-corrected chi connectivity index (χ2v) is 8.06. The highest BCUT2D eigenvalue weighted by Gasteiger charge is 2.45. The number of hydrogen-bond acceptors (Lipinski definition) is 5. The monoisotopic (exact) mass is 343 g/mol. The van der Waals surface area contributed by atoms with Crippen LogP contribution >= 0.6 is 0 Å². The van der Waals surface area contributed by atoms with Crippen LogP contribution in [0.2, 0.25) is 0 Å². The first-order valence-electron chi connectivity index (χ1n) is 8.85. The summed E-state index contributed by atoms with van der Waals surface area (Å²) >= 11 is 0. The maximum absolute atomic E-state index is 12.5. The summed E-state index contributed by atoms with van der Waals surface area (Å²) in [6, 6.07) is 12.2. The number of nitriles is 1. The normalized spacial score (nSPS) is 24.0. The van der Waals surface area contributed by atoms with Crippen LogP contribution in [-0.4, -0.2) is 42.1 Å². The van der Waals surface area contributed by atoms with E-state index < -0.39 is 11.0 Å². The van der Waals surface area contributed by atoms with E-state index in [0.717, 1.165) is 13.1 Å². The molecular formula is C20H29N3O2. The summed E-state index contributed by atoms with van der Waals surface area (Å²) in [4.78, 5) is 14.6. The van der Waals surface area contributed by atoms with E-state index in [1.165, 1.54) is 5.56 Å². The van der Waals surface area contributed by atoms with Crippen LogP contribution in [0, 0.1) is 16.7 Å². The lowest BCUT2D eigenvalue weighted by Crippen LogP contribution is -2.43. The topological polar surface area (TPSA) is 65.4 Å². The van der Waals surface area contributed by atoms with E-state index in [9.17, 15) is 10.1 Å². The van der Waals surface area contributed by atoms with Crippen molar-refractivity contribution in [2.24, 2.45) is 5.41 Å². The van der Waals surface area contributed by atoms with Crippen molar-refractivity contribution in [1.29, 1.82) is 5.26 Å². The van der Waals surface area contributed by atoms with E-state index in [1.807, 2.05) is 45.9 Å². The van der Waals surface area contributed by atoms with E-state index >= 15 is 0 Å². The summed E-state index contributed by atoms with van der Waals surface area (Å²) in [5.41, 5.74) is 0.218. The molecule has 5 heteroatoms. The third-order valence-corrected chi connectivity index (χ3v) is 4.33. The molecule has 136 valence electrons. The summed E-state index contributed by atoms with van der Waals surface area (Å²) in [7, 11) is 0. The van der Waals surface area contributed by atoms with Crippen LogP contribution in [0.25, 0.3) is 0 Å². The molecule has 1 aliphatic rings. The lowest BCUT2D eigenvalue weighted by Gasteiger charge is -2.27.